The van der Waals surface area contributed by atoms with E-state index in [0.717, 1.165) is 52.0 Å². The van der Waals surface area contributed by atoms with E-state index in [1.165, 1.54) is 0 Å². The number of anilines is 1. The van der Waals surface area contributed by atoms with Crippen molar-refractivity contribution in [2.45, 2.75) is 39.7 Å². The van der Waals surface area contributed by atoms with Gasteiger partial charge in [0.15, 0.2) is 10.8 Å². The molecule has 4 rings (SSSR count). The van der Waals surface area contributed by atoms with Crippen LogP contribution in [0.2, 0.25) is 0 Å². The average Bonchev–Trinajstić information content (AvgIpc) is 3.28. The van der Waals surface area contributed by atoms with Crippen molar-refractivity contribution in [2.75, 3.05) is 25.1 Å². The number of hydrogen-bond donors (Lipinski definition) is 1. The van der Waals surface area contributed by atoms with Gasteiger partial charge in [-0.15, -0.1) is 0 Å². The largest absolute Gasteiger partial charge is 0.497 e. The van der Waals surface area contributed by atoms with Crippen molar-refractivity contribution in [2.24, 2.45) is 5.92 Å². The van der Waals surface area contributed by atoms with Crippen molar-refractivity contribution >= 4 is 32.7 Å². The van der Waals surface area contributed by atoms with E-state index in [9.17, 15) is 4.79 Å². The maximum atomic E-state index is 12.5. The molecule has 3 aromatic rings. The number of ether oxygens (including phenoxy) is 1. The third kappa shape index (κ3) is 3.94. The Labute approximate surface area is 174 Å². The summed E-state index contributed by atoms with van der Waals surface area (Å²) in [6.07, 6.45) is 1.92. The summed E-state index contributed by atoms with van der Waals surface area (Å²) in [4.78, 5) is 19.6. The maximum absolute atomic E-state index is 12.5. The minimum absolute atomic E-state index is 0.0114. The molecule has 1 atom stereocenters. The van der Waals surface area contributed by atoms with Gasteiger partial charge >= 0.3 is 0 Å². The van der Waals surface area contributed by atoms with E-state index in [4.69, 9.17) is 9.72 Å². The van der Waals surface area contributed by atoms with Crippen LogP contribution in [-0.4, -0.2) is 46.9 Å². The van der Waals surface area contributed by atoms with Crippen molar-refractivity contribution in [3.05, 3.63) is 30.0 Å². The predicted molar refractivity (Wildman–Crippen MR) is 116 cm³/mol. The summed E-state index contributed by atoms with van der Waals surface area (Å²) in [6, 6.07) is 7.98. The van der Waals surface area contributed by atoms with Gasteiger partial charge in [-0.1, -0.05) is 11.3 Å². The molecule has 1 aliphatic rings. The average molecular weight is 414 g/mol. The molecule has 0 radical (unpaired) electrons. The van der Waals surface area contributed by atoms with Gasteiger partial charge in [0.1, 0.15) is 5.75 Å². The Morgan fingerprint density at radius 1 is 1.31 bits per heavy atom. The number of thiazole rings is 1. The summed E-state index contributed by atoms with van der Waals surface area (Å²) in [5.74, 6) is 0.968. The first kappa shape index (κ1) is 19.7. The van der Waals surface area contributed by atoms with Crippen molar-refractivity contribution in [1.82, 2.24) is 20.1 Å². The molecule has 1 N–H and O–H groups in total. The molecular weight excluding hydrogens is 386 g/mol. The van der Waals surface area contributed by atoms with Crippen LogP contribution in [0.4, 0.5) is 5.13 Å². The van der Waals surface area contributed by atoms with Crippen LogP contribution in [-0.2, 0) is 4.79 Å². The third-order valence-corrected chi connectivity index (χ3v) is 6.40. The topological polar surface area (TPSA) is 72.3 Å². The zero-order valence-corrected chi connectivity index (χ0v) is 18.1. The van der Waals surface area contributed by atoms with Crippen LogP contribution in [0.25, 0.3) is 16.0 Å². The Morgan fingerprint density at radius 2 is 2.07 bits per heavy atom. The standard InChI is InChI=1S/C21H27N5O2S/c1-13(2)22-20(27)15-6-5-11-25(12-15)21-23-19-18(29-21)14(3)24-26(19)16-7-9-17(28-4)10-8-16/h7-10,13,15H,5-6,11-12H2,1-4H3,(H,22,27)/t15-/m1/s1. The van der Waals surface area contributed by atoms with E-state index >= 15 is 0 Å². The molecule has 2 aromatic heterocycles. The molecule has 1 amide bonds. The van der Waals surface area contributed by atoms with Gasteiger partial charge < -0.3 is 15.0 Å². The lowest BCUT2D eigenvalue weighted by atomic mass is 9.97. The molecule has 1 saturated heterocycles. The first-order chi connectivity index (χ1) is 14.0. The fraction of sp³-hybridized carbons (Fsp3) is 0.476. The highest BCUT2D eigenvalue weighted by atomic mass is 32.1. The summed E-state index contributed by atoms with van der Waals surface area (Å²) in [5, 5.41) is 8.69. The molecule has 29 heavy (non-hydrogen) atoms. The fourth-order valence-corrected chi connectivity index (χ4v) is 4.75. The van der Waals surface area contributed by atoms with Gasteiger partial charge in [0, 0.05) is 19.1 Å². The Balaban J connectivity index is 1.61. The summed E-state index contributed by atoms with van der Waals surface area (Å²) in [6.45, 7) is 7.65. The van der Waals surface area contributed by atoms with Crippen LogP contribution in [0.15, 0.2) is 24.3 Å². The van der Waals surface area contributed by atoms with E-state index in [2.05, 4.69) is 15.3 Å². The highest BCUT2D eigenvalue weighted by molar-refractivity contribution is 7.22. The molecule has 0 unspecified atom stereocenters. The maximum Gasteiger partial charge on any atom is 0.225 e. The minimum Gasteiger partial charge on any atom is -0.497 e. The van der Waals surface area contributed by atoms with Crippen LogP contribution in [0, 0.1) is 12.8 Å². The SMILES string of the molecule is COc1ccc(-n2nc(C)c3sc(N4CCC[C@@H](C(=O)NC(C)C)C4)nc32)cc1. The lowest BCUT2D eigenvalue weighted by Crippen LogP contribution is -2.44. The second-order valence-electron chi connectivity index (χ2n) is 7.79. The van der Waals surface area contributed by atoms with Crippen molar-refractivity contribution in [1.29, 1.82) is 0 Å². The van der Waals surface area contributed by atoms with Crippen molar-refractivity contribution < 1.29 is 9.53 Å². The Morgan fingerprint density at radius 3 is 2.76 bits per heavy atom. The quantitative estimate of drug-likeness (QED) is 0.693. The number of nitrogens with zero attached hydrogens (tertiary/aromatic N) is 4. The monoisotopic (exact) mass is 413 g/mol. The molecule has 7 nitrogen and oxygen atoms in total. The normalized spacial score (nSPS) is 17.1. The number of benzene rings is 1. The zero-order valence-electron chi connectivity index (χ0n) is 17.3. The molecule has 0 bridgehead atoms. The summed E-state index contributed by atoms with van der Waals surface area (Å²) in [5.41, 5.74) is 2.78. The van der Waals surface area contributed by atoms with Gasteiger partial charge in [-0.3, -0.25) is 4.79 Å². The number of methoxy groups -OCH3 is 1. The highest BCUT2D eigenvalue weighted by Gasteiger charge is 2.28. The van der Waals surface area contributed by atoms with Gasteiger partial charge in [-0.05, 0) is 57.9 Å². The van der Waals surface area contributed by atoms with Crippen LogP contribution in [0.5, 0.6) is 5.75 Å². The number of hydrogen-bond acceptors (Lipinski definition) is 6. The highest BCUT2D eigenvalue weighted by Crippen LogP contribution is 2.34. The molecule has 0 aliphatic carbocycles. The predicted octanol–water partition coefficient (Wildman–Crippen LogP) is 3.54. The number of aromatic nitrogens is 3. The summed E-state index contributed by atoms with van der Waals surface area (Å²) in [7, 11) is 1.66. The molecule has 3 heterocycles. The number of nitrogens with one attached hydrogen (secondary N) is 1. The molecule has 1 fully saturated rings. The molecule has 154 valence electrons. The number of rotatable bonds is 5. The van der Waals surface area contributed by atoms with E-state index in [1.54, 1.807) is 18.4 Å². The van der Waals surface area contributed by atoms with Crippen LogP contribution in [0.3, 0.4) is 0 Å². The molecule has 0 saturated carbocycles. The van der Waals surface area contributed by atoms with Gasteiger partial charge in [-0.2, -0.15) is 10.1 Å². The molecular formula is C21H27N5O2S. The van der Waals surface area contributed by atoms with Gasteiger partial charge in [-0.25, -0.2) is 4.68 Å². The first-order valence-corrected chi connectivity index (χ1v) is 10.8. The van der Waals surface area contributed by atoms with Crippen molar-refractivity contribution in [3.63, 3.8) is 0 Å². The Bertz CT molecular complexity index is 1010. The number of fused-ring (bicyclic) bond motifs is 1. The van der Waals surface area contributed by atoms with E-state index in [-0.39, 0.29) is 17.9 Å². The molecule has 8 heteroatoms. The van der Waals surface area contributed by atoms with E-state index < -0.39 is 0 Å². The number of amides is 1. The zero-order chi connectivity index (χ0) is 20.5. The number of aryl methyl sites for hydroxylation is 1. The number of carbonyl (C=O) groups excluding carboxylic acids is 1. The van der Waals surface area contributed by atoms with Crippen LogP contribution >= 0.6 is 11.3 Å². The molecule has 1 aliphatic heterocycles. The first-order valence-electron chi connectivity index (χ1n) is 10.0. The van der Waals surface area contributed by atoms with Crippen molar-refractivity contribution in [3.8, 4) is 11.4 Å². The van der Waals surface area contributed by atoms with Gasteiger partial charge in [0.05, 0.1) is 29.1 Å². The second-order valence-corrected chi connectivity index (χ2v) is 8.77. The number of carbonyl (C=O) groups is 1. The summed E-state index contributed by atoms with van der Waals surface area (Å²) < 4.78 is 8.23. The van der Waals surface area contributed by atoms with Crippen LogP contribution in [0.1, 0.15) is 32.4 Å². The van der Waals surface area contributed by atoms with E-state index in [0.29, 0.717) is 6.54 Å². The Hall–Kier alpha value is -2.61. The minimum atomic E-state index is 0.0114. The van der Waals surface area contributed by atoms with E-state index in [1.807, 2.05) is 49.7 Å². The molecule has 0 spiro atoms. The van der Waals surface area contributed by atoms with Gasteiger partial charge in [0.2, 0.25) is 5.91 Å². The summed E-state index contributed by atoms with van der Waals surface area (Å²) >= 11 is 1.66. The lowest BCUT2D eigenvalue weighted by Gasteiger charge is -2.32. The third-order valence-electron chi connectivity index (χ3n) is 5.19. The Kier molecular flexibility index (Phi) is 5.45. The van der Waals surface area contributed by atoms with Crippen LogP contribution < -0.4 is 15.0 Å². The fourth-order valence-electron chi connectivity index (χ4n) is 3.73. The number of piperidine rings is 1. The van der Waals surface area contributed by atoms with Gasteiger partial charge in [0.25, 0.3) is 0 Å². The second kappa shape index (κ2) is 8.02. The smallest absolute Gasteiger partial charge is 0.225 e. The lowest BCUT2D eigenvalue weighted by molar-refractivity contribution is -0.125. The molecule has 1 aromatic carbocycles.